The van der Waals surface area contributed by atoms with E-state index in [2.05, 4.69) is 35.3 Å². The van der Waals surface area contributed by atoms with Crippen molar-refractivity contribution in [3.63, 3.8) is 0 Å². The number of benzene rings is 1. The highest BCUT2D eigenvalue weighted by molar-refractivity contribution is 5.81. The largest absolute Gasteiger partial charge is 0.464 e. The zero-order valence-corrected chi connectivity index (χ0v) is 10.9. The van der Waals surface area contributed by atoms with Crippen molar-refractivity contribution in [1.29, 1.82) is 0 Å². The average Bonchev–Trinajstić information content (AvgIpc) is 2.79. The number of nitrogens with one attached hydrogen (secondary N) is 1. The van der Waals surface area contributed by atoms with E-state index < -0.39 is 0 Å². The SMILES string of the molecule is Cc1coc2cc(CCN3CCNCC3)ccc12. The zero-order chi connectivity index (χ0) is 12.4. The third kappa shape index (κ3) is 2.42. The highest BCUT2D eigenvalue weighted by Crippen LogP contribution is 2.21. The van der Waals surface area contributed by atoms with Gasteiger partial charge in [-0.05, 0) is 30.5 Å². The number of nitrogens with zero attached hydrogens (tertiary/aromatic N) is 1. The summed E-state index contributed by atoms with van der Waals surface area (Å²) < 4.78 is 5.56. The Hall–Kier alpha value is -1.32. The van der Waals surface area contributed by atoms with Crippen molar-refractivity contribution in [3.8, 4) is 0 Å². The first kappa shape index (κ1) is 11.8. The molecule has 2 aromatic rings. The van der Waals surface area contributed by atoms with Crippen LogP contribution in [-0.4, -0.2) is 37.6 Å². The van der Waals surface area contributed by atoms with Crippen molar-refractivity contribution in [2.45, 2.75) is 13.3 Å². The fourth-order valence-corrected chi connectivity index (χ4v) is 2.58. The molecule has 1 aromatic carbocycles. The smallest absolute Gasteiger partial charge is 0.134 e. The van der Waals surface area contributed by atoms with Gasteiger partial charge in [-0.15, -0.1) is 0 Å². The Morgan fingerprint density at radius 2 is 2.11 bits per heavy atom. The third-order valence-electron chi connectivity index (χ3n) is 3.76. The molecule has 18 heavy (non-hydrogen) atoms. The molecule has 0 unspecified atom stereocenters. The molecule has 0 saturated carbocycles. The first-order valence-corrected chi connectivity index (χ1v) is 6.73. The number of rotatable bonds is 3. The van der Waals surface area contributed by atoms with Crippen LogP contribution in [0, 0.1) is 6.92 Å². The van der Waals surface area contributed by atoms with Crippen LogP contribution in [0.2, 0.25) is 0 Å². The predicted molar refractivity (Wildman–Crippen MR) is 74.0 cm³/mol. The number of furan rings is 1. The first-order valence-electron chi connectivity index (χ1n) is 6.73. The van der Waals surface area contributed by atoms with Crippen LogP contribution in [-0.2, 0) is 6.42 Å². The lowest BCUT2D eigenvalue weighted by Gasteiger charge is -2.27. The molecule has 1 aliphatic rings. The average molecular weight is 244 g/mol. The van der Waals surface area contributed by atoms with Gasteiger partial charge >= 0.3 is 0 Å². The van der Waals surface area contributed by atoms with E-state index in [9.17, 15) is 0 Å². The monoisotopic (exact) mass is 244 g/mol. The van der Waals surface area contributed by atoms with Gasteiger partial charge in [-0.2, -0.15) is 0 Å². The quantitative estimate of drug-likeness (QED) is 0.897. The Labute approximate surface area is 108 Å². The topological polar surface area (TPSA) is 28.4 Å². The van der Waals surface area contributed by atoms with E-state index in [4.69, 9.17) is 4.42 Å². The van der Waals surface area contributed by atoms with Crippen LogP contribution >= 0.6 is 0 Å². The molecule has 1 aromatic heterocycles. The summed E-state index contributed by atoms with van der Waals surface area (Å²) in [5.41, 5.74) is 3.61. The fourth-order valence-electron chi connectivity index (χ4n) is 2.58. The van der Waals surface area contributed by atoms with Gasteiger partial charge in [0.2, 0.25) is 0 Å². The number of hydrogen-bond acceptors (Lipinski definition) is 3. The van der Waals surface area contributed by atoms with Crippen molar-refractivity contribution in [3.05, 3.63) is 35.6 Å². The van der Waals surface area contributed by atoms with E-state index in [1.54, 1.807) is 0 Å². The second kappa shape index (κ2) is 5.12. The summed E-state index contributed by atoms with van der Waals surface area (Å²) in [7, 11) is 0. The van der Waals surface area contributed by atoms with Crippen LogP contribution in [0.4, 0.5) is 0 Å². The lowest BCUT2D eigenvalue weighted by molar-refractivity contribution is 0.244. The van der Waals surface area contributed by atoms with Crippen molar-refractivity contribution in [2.24, 2.45) is 0 Å². The molecular weight excluding hydrogens is 224 g/mol. The standard InChI is InChI=1S/C15H20N2O/c1-12-11-18-15-10-13(2-3-14(12)15)4-7-17-8-5-16-6-9-17/h2-3,10-11,16H,4-9H2,1H3. The van der Waals surface area contributed by atoms with Crippen LogP contribution in [0.25, 0.3) is 11.0 Å². The maximum Gasteiger partial charge on any atom is 0.134 e. The molecule has 0 amide bonds. The maximum absolute atomic E-state index is 5.56. The molecule has 0 radical (unpaired) electrons. The van der Waals surface area contributed by atoms with E-state index >= 15 is 0 Å². The second-order valence-corrected chi connectivity index (χ2v) is 5.09. The van der Waals surface area contributed by atoms with Crippen molar-refractivity contribution >= 4 is 11.0 Å². The second-order valence-electron chi connectivity index (χ2n) is 5.09. The van der Waals surface area contributed by atoms with Gasteiger partial charge in [0.05, 0.1) is 6.26 Å². The molecular formula is C15H20N2O. The summed E-state index contributed by atoms with van der Waals surface area (Å²) >= 11 is 0. The van der Waals surface area contributed by atoms with E-state index in [0.717, 1.165) is 31.6 Å². The lowest BCUT2D eigenvalue weighted by Crippen LogP contribution is -2.44. The van der Waals surface area contributed by atoms with Crippen molar-refractivity contribution in [1.82, 2.24) is 10.2 Å². The highest BCUT2D eigenvalue weighted by atomic mass is 16.3. The van der Waals surface area contributed by atoms with Crippen LogP contribution in [0.15, 0.2) is 28.9 Å². The lowest BCUT2D eigenvalue weighted by atomic mass is 10.1. The van der Waals surface area contributed by atoms with Crippen LogP contribution in [0.3, 0.4) is 0 Å². The van der Waals surface area contributed by atoms with E-state index in [0.29, 0.717) is 0 Å². The van der Waals surface area contributed by atoms with Gasteiger partial charge in [0.15, 0.2) is 0 Å². The maximum atomic E-state index is 5.56. The molecule has 1 aliphatic heterocycles. The molecule has 0 atom stereocenters. The third-order valence-corrected chi connectivity index (χ3v) is 3.76. The molecule has 3 nitrogen and oxygen atoms in total. The number of fused-ring (bicyclic) bond motifs is 1. The number of hydrogen-bond donors (Lipinski definition) is 1. The van der Waals surface area contributed by atoms with Crippen LogP contribution < -0.4 is 5.32 Å². The zero-order valence-electron chi connectivity index (χ0n) is 10.9. The molecule has 2 heterocycles. The molecule has 0 spiro atoms. The minimum Gasteiger partial charge on any atom is -0.464 e. The Bertz CT molecular complexity index is 526. The first-order chi connectivity index (χ1) is 8.83. The summed E-state index contributed by atoms with van der Waals surface area (Å²) in [5.74, 6) is 0. The van der Waals surface area contributed by atoms with Crippen LogP contribution in [0.5, 0.6) is 0 Å². The van der Waals surface area contributed by atoms with Gasteiger partial charge in [-0.25, -0.2) is 0 Å². The molecule has 96 valence electrons. The number of aryl methyl sites for hydroxylation is 1. The van der Waals surface area contributed by atoms with E-state index in [-0.39, 0.29) is 0 Å². The van der Waals surface area contributed by atoms with Crippen molar-refractivity contribution < 1.29 is 4.42 Å². The predicted octanol–water partition coefficient (Wildman–Crippen LogP) is 2.19. The normalized spacial score (nSPS) is 17.4. The van der Waals surface area contributed by atoms with Gasteiger partial charge in [-0.3, -0.25) is 0 Å². The molecule has 1 fully saturated rings. The molecule has 0 bridgehead atoms. The summed E-state index contributed by atoms with van der Waals surface area (Å²) in [6.07, 6.45) is 2.94. The molecule has 3 heteroatoms. The molecule has 0 aliphatic carbocycles. The van der Waals surface area contributed by atoms with Gasteiger partial charge < -0.3 is 14.6 Å². The molecule has 1 N–H and O–H groups in total. The molecule has 3 rings (SSSR count). The van der Waals surface area contributed by atoms with Gasteiger partial charge in [0.1, 0.15) is 5.58 Å². The van der Waals surface area contributed by atoms with Gasteiger partial charge in [-0.1, -0.05) is 12.1 Å². The van der Waals surface area contributed by atoms with Gasteiger partial charge in [0.25, 0.3) is 0 Å². The fraction of sp³-hybridized carbons (Fsp3) is 0.467. The minimum atomic E-state index is 1.02. The minimum absolute atomic E-state index is 1.02. The van der Waals surface area contributed by atoms with Crippen molar-refractivity contribution in [2.75, 3.05) is 32.7 Å². The Kier molecular flexibility index (Phi) is 3.35. The summed E-state index contributed by atoms with van der Waals surface area (Å²) in [4.78, 5) is 2.52. The summed E-state index contributed by atoms with van der Waals surface area (Å²) in [5, 5.41) is 4.62. The Morgan fingerprint density at radius 3 is 2.94 bits per heavy atom. The van der Waals surface area contributed by atoms with Gasteiger partial charge in [0, 0.05) is 38.1 Å². The number of piperazine rings is 1. The molecule has 1 saturated heterocycles. The van der Waals surface area contributed by atoms with E-state index in [1.165, 1.54) is 29.6 Å². The van der Waals surface area contributed by atoms with E-state index in [1.807, 2.05) is 6.26 Å². The Morgan fingerprint density at radius 1 is 1.28 bits per heavy atom. The van der Waals surface area contributed by atoms with Crippen LogP contribution in [0.1, 0.15) is 11.1 Å². The Balaban J connectivity index is 1.66. The summed E-state index contributed by atoms with van der Waals surface area (Å²) in [6, 6.07) is 6.60. The highest BCUT2D eigenvalue weighted by Gasteiger charge is 2.09. The summed E-state index contributed by atoms with van der Waals surface area (Å²) in [6.45, 7) is 7.82.